The van der Waals surface area contributed by atoms with Gasteiger partial charge < -0.3 is 34.2 Å². The van der Waals surface area contributed by atoms with E-state index in [-0.39, 0.29) is 24.8 Å². The number of carbonyl (C=O) groups excluding carboxylic acids is 2. The number of likely N-dealkylation sites (N-methyl/N-ethyl adjacent to an activating group) is 1. The third-order valence-corrected chi connectivity index (χ3v) is 6.46. The molecule has 2 saturated heterocycles. The van der Waals surface area contributed by atoms with Gasteiger partial charge in [0.15, 0.2) is 11.5 Å². The van der Waals surface area contributed by atoms with Crippen LogP contribution < -0.4 is 29.3 Å². The lowest BCUT2D eigenvalue weighted by Crippen LogP contribution is -2.44. The molecule has 34 heavy (non-hydrogen) atoms. The summed E-state index contributed by atoms with van der Waals surface area (Å²) < 4.78 is 16.2. The molecule has 2 aliphatic rings. The van der Waals surface area contributed by atoms with Crippen molar-refractivity contribution in [2.45, 2.75) is 6.42 Å². The fourth-order valence-electron chi connectivity index (χ4n) is 4.49. The quantitative estimate of drug-likeness (QED) is 0.668. The van der Waals surface area contributed by atoms with Crippen molar-refractivity contribution in [2.75, 3.05) is 76.2 Å². The zero-order chi connectivity index (χ0) is 24.2. The summed E-state index contributed by atoms with van der Waals surface area (Å²) in [5, 5.41) is 3.07. The number of nitrogens with zero attached hydrogens (tertiary/aromatic N) is 3. The number of ether oxygens (including phenoxy) is 3. The van der Waals surface area contributed by atoms with E-state index in [0.29, 0.717) is 22.9 Å². The average Bonchev–Trinajstić information content (AvgIpc) is 3.25. The molecule has 2 heterocycles. The van der Waals surface area contributed by atoms with Crippen LogP contribution in [-0.2, 0) is 9.59 Å². The first-order valence-electron chi connectivity index (χ1n) is 11.4. The van der Waals surface area contributed by atoms with Crippen LogP contribution in [-0.4, -0.2) is 77.8 Å². The molecule has 2 amide bonds. The maximum atomic E-state index is 13.2. The van der Waals surface area contributed by atoms with Gasteiger partial charge in [-0.15, -0.1) is 0 Å². The molecule has 2 aromatic carbocycles. The first kappa shape index (κ1) is 23.7. The van der Waals surface area contributed by atoms with Gasteiger partial charge in [0.05, 0.1) is 44.3 Å². The molecule has 9 nitrogen and oxygen atoms in total. The van der Waals surface area contributed by atoms with Crippen molar-refractivity contribution in [2.24, 2.45) is 5.92 Å². The fourth-order valence-corrected chi connectivity index (χ4v) is 4.49. The van der Waals surface area contributed by atoms with Crippen molar-refractivity contribution in [3.63, 3.8) is 0 Å². The van der Waals surface area contributed by atoms with E-state index in [1.54, 1.807) is 17.0 Å². The van der Waals surface area contributed by atoms with Crippen LogP contribution in [0, 0.1) is 5.92 Å². The molecule has 0 radical (unpaired) electrons. The van der Waals surface area contributed by atoms with Crippen molar-refractivity contribution in [3.8, 4) is 17.2 Å². The molecule has 0 aliphatic carbocycles. The summed E-state index contributed by atoms with van der Waals surface area (Å²) >= 11 is 0. The Kier molecular flexibility index (Phi) is 7.12. The molecule has 2 aromatic rings. The number of amides is 2. The number of hydrogen-bond acceptors (Lipinski definition) is 7. The van der Waals surface area contributed by atoms with Crippen LogP contribution in [0.15, 0.2) is 36.4 Å². The Bertz CT molecular complexity index is 1030. The molecular formula is C25H32N4O5. The van der Waals surface area contributed by atoms with Gasteiger partial charge in [-0.25, -0.2) is 0 Å². The van der Waals surface area contributed by atoms with Crippen molar-refractivity contribution in [1.29, 1.82) is 0 Å². The van der Waals surface area contributed by atoms with Crippen LogP contribution in [0.2, 0.25) is 0 Å². The molecule has 9 heteroatoms. The second-order valence-corrected chi connectivity index (χ2v) is 8.59. The Balaban J connectivity index is 1.50. The van der Waals surface area contributed by atoms with Crippen LogP contribution in [0.25, 0.3) is 0 Å². The maximum absolute atomic E-state index is 13.2. The summed E-state index contributed by atoms with van der Waals surface area (Å²) in [6.07, 6.45) is 0.138. The number of benzene rings is 2. The minimum Gasteiger partial charge on any atom is -0.493 e. The van der Waals surface area contributed by atoms with Crippen molar-refractivity contribution < 1.29 is 23.8 Å². The normalized spacial score (nSPS) is 18.7. The van der Waals surface area contributed by atoms with E-state index in [1.807, 2.05) is 24.3 Å². The predicted octanol–water partition coefficient (Wildman–Crippen LogP) is 2.46. The van der Waals surface area contributed by atoms with Gasteiger partial charge in [0.25, 0.3) is 0 Å². The molecule has 4 rings (SSSR count). The Labute approximate surface area is 200 Å². The van der Waals surface area contributed by atoms with E-state index in [4.69, 9.17) is 14.2 Å². The second-order valence-electron chi connectivity index (χ2n) is 8.59. The molecule has 0 bridgehead atoms. The van der Waals surface area contributed by atoms with E-state index < -0.39 is 5.92 Å². The number of para-hydroxylation sites is 2. The van der Waals surface area contributed by atoms with Crippen molar-refractivity contribution in [3.05, 3.63) is 36.4 Å². The lowest BCUT2D eigenvalue weighted by atomic mass is 10.1. The number of nitrogens with one attached hydrogen (secondary N) is 1. The third kappa shape index (κ3) is 4.75. The number of methoxy groups -OCH3 is 3. The highest BCUT2D eigenvalue weighted by Crippen LogP contribution is 2.42. The van der Waals surface area contributed by atoms with Gasteiger partial charge in [0.1, 0.15) is 0 Å². The highest BCUT2D eigenvalue weighted by Gasteiger charge is 2.36. The Morgan fingerprint density at radius 3 is 2.24 bits per heavy atom. The van der Waals surface area contributed by atoms with Crippen LogP contribution in [0.4, 0.5) is 17.1 Å². The third-order valence-electron chi connectivity index (χ3n) is 6.46. The smallest absolute Gasteiger partial charge is 0.229 e. The lowest BCUT2D eigenvalue weighted by Gasteiger charge is -2.35. The molecule has 1 N–H and O–H groups in total. The molecule has 0 aromatic heterocycles. The monoisotopic (exact) mass is 468 g/mol. The molecule has 0 spiro atoms. The van der Waals surface area contributed by atoms with Crippen LogP contribution in [0.1, 0.15) is 6.42 Å². The number of rotatable bonds is 7. The fraction of sp³-hybridized carbons (Fsp3) is 0.440. The van der Waals surface area contributed by atoms with Gasteiger partial charge in [-0.05, 0) is 19.2 Å². The Morgan fingerprint density at radius 2 is 1.62 bits per heavy atom. The van der Waals surface area contributed by atoms with Crippen molar-refractivity contribution in [1.82, 2.24) is 4.90 Å². The van der Waals surface area contributed by atoms with Crippen LogP contribution in [0.5, 0.6) is 17.2 Å². The number of hydrogen-bond donors (Lipinski definition) is 1. The predicted molar refractivity (Wildman–Crippen MR) is 131 cm³/mol. The average molecular weight is 469 g/mol. The van der Waals surface area contributed by atoms with Gasteiger partial charge in [0.2, 0.25) is 17.6 Å². The van der Waals surface area contributed by atoms with Gasteiger partial charge in [-0.1, -0.05) is 12.1 Å². The maximum Gasteiger partial charge on any atom is 0.229 e. The zero-order valence-electron chi connectivity index (χ0n) is 20.2. The highest BCUT2D eigenvalue weighted by molar-refractivity contribution is 6.04. The van der Waals surface area contributed by atoms with Crippen LogP contribution >= 0.6 is 0 Å². The molecule has 1 atom stereocenters. The molecular weight excluding hydrogens is 436 g/mol. The molecule has 2 aliphatic heterocycles. The highest BCUT2D eigenvalue weighted by atomic mass is 16.5. The van der Waals surface area contributed by atoms with Gasteiger partial charge in [-0.3, -0.25) is 9.59 Å². The SMILES string of the molecule is COc1cc(N2CC(C(=O)Nc3ccccc3N3CCN(C)CC3)CC2=O)cc(OC)c1OC. The molecule has 182 valence electrons. The minimum atomic E-state index is -0.466. The largest absolute Gasteiger partial charge is 0.493 e. The summed E-state index contributed by atoms with van der Waals surface area (Å²) in [6.45, 7) is 4.03. The van der Waals surface area contributed by atoms with E-state index in [2.05, 4.69) is 22.2 Å². The first-order chi connectivity index (χ1) is 16.4. The molecule has 2 fully saturated rings. The van der Waals surface area contributed by atoms with Crippen LogP contribution in [0.3, 0.4) is 0 Å². The Morgan fingerprint density at radius 1 is 0.971 bits per heavy atom. The van der Waals surface area contributed by atoms with Crippen molar-refractivity contribution >= 4 is 28.9 Å². The van der Waals surface area contributed by atoms with E-state index >= 15 is 0 Å². The number of anilines is 3. The summed E-state index contributed by atoms with van der Waals surface area (Å²) in [7, 11) is 6.70. The van der Waals surface area contributed by atoms with Gasteiger partial charge in [-0.2, -0.15) is 0 Å². The second kappa shape index (κ2) is 10.2. The zero-order valence-corrected chi connectivity index (χ0v) is 20.2. The number of carbonyl (C=O) groups is 2. The van der Waals surface area contributed by atoms with Gasteiger partial charge in [0, 0.05) is 51.3 Å². The molecule has 1 unspecified atom stereocenters. The van der Waals surface area contributed by atoms with E-state index in [9.17, 15) is 9.59 Å². The summed E-state index contributed by atoms with van der Waals surface area (Å²) in [5.41, 5.74) is 2.39. The standard InChI is InChI=1S/C25H32N4O5/c1-27-9-11-28(12-10-27)20-8-6-5-7-19(20)26-25(31)17-13-23(30)29(16-17)18-14-21(32-2)24(34-4)22(15-18)33-3/h5-8,14-15,17H,9-13,16H2,1-4H3,(H,26,31). The lowest BCUT2D eigenvalue weighted by molar-refractivity contribution is -0.122. The molecule has 0 saturated carbocycles. The topological polar surface area (TPSA) is 83.6 Å². The summed E-state index contributed by atoms with van der Waals surface area (Å²) in [6, 6.07) is 11.3. The summed E-state index contributed by atoms with van der Waals surface area (Å²) in [5.74, 6) is 0.617. The van der Waals surface area contributed by atoms with E-state index in [0.717, 1.165) is 37.6 Å². The minimum absolute atomic E-state index is 0.123. The van der Waals surface area contributed by atoms with Gasteiger partial charge >= 0.3 is 0 Å². The summed E-state index contributed by atoms with van der Waals surface area (Å²) in [4.78, 5) is 32.2. The number of piperazine rings is 1. The first-order valence-corrected chi connectivity index (χ1v) is 11.4. The van der Waals surface area contributed by atoms with E-state index in [1.165, 1.54) is 21.3 Å². The Hall–Kier alpha value is -3.46.